The minimum atomic E-state index is -1.22. The van der Waals surface area contributed by atoms with E-state index in [1.54, 1.807) is 30.3 Å². The molecule has 0 saturated carbocycles. The predicted molar refractivity (Wildman–Crippen MR) is 132 cm³/mol. The minimum Gasteiger partial charge on any atom is -0.493 e. The van der Waals surface area contributed by atoms with Crippen molar-refractivity contribution < 1.29 is 43.5 Å². The lowest BCUT2D eigenvalue weighted by molar-refractivity contribution is -0.135. The summed E-state index contributed by atoms with van der Waals surface area (Å²) in [6.07, 6.45) is 0.0650. The first-order chi connectivity index (χ1) is 18.4. The smallest absolute Gasteiger partial charge is 0.247 e. The molecule has 200 valence electrons. The number of ether oxygens (including phenoxy) is 4. The second-order valence-electron chi connectivity index (χ2n) is 9.24. The van der Waals surface area contributed by atoms with Crippen molar-refractivity contribution in [1.29, 1.82) is 0 Å². The molecule has 0 bridgehead atoms. The Bertz CT molecular complexity index is 1310. The number of amides is 2. The molecule has 3 N–H and O–H groups in total. The van der Waals surface area contributed by atoms with Crippen LogP contribution in [0.3, 0.4) is 0 Å². The first kappa shape index (κ1) is 25.6. The van der Waals surface area contributed by atoms with Gasteiger partial charge in [-0.2, -0.15) is 0 Å². The zero-order valence-corrected chi connectivity index (χ0v) is 20.9. The molecule has 2 aromatic rings. The highest BCUT2D eigenvalue weighted by molar-refractivity contribution is 5.96. The van der Waals surface area contributed by atoms with E-state index in [-0.39, 0.29) is 38.0 Å². The topological polar surface area (TPSA) is 144 Å². The van der Waals surface area contributed by atoms with E-state index in [0.29, 0.717) is 40.4 Å². The monoisotopic (exact) mass is 524 g/mol. The Hall–Kier alpha value is -4.09. The average molecular weight is 525 g/mol. The Labute approximate surface area is 218 Å². The van der Waals surface area contributed by atoms with E-state index in [4.69, 9.17) is 18.9 Å². The Morgan fingerprint density at radius 1 is 1.21 bits per heavy atom. The van der Waals surface area contributed by atoms with Crippen molar-refractivity contribution >= 4 is 18.1 Å². The van der Waals surface area contributed by atoms with Crippen molar-refractivity contribution in [3.8, 4) is 23.0 Å². The van der Waals surface area contributed by atoms with Gasteiger partial charge < -0.3 is 39.4 Å². The average Bonchev–Trinajstić information content (AvgIpc) is 3.55. The number of carbonyl (C=O) groups is 3. The number of rotatable bonds is 8. The maximum Gasteiger partial charge on any atom is 0.247 e. The maximum atomic E-state index is 13.3. The fourth-order valence-electron chi connectivity index (χ4n) is 5.22. The number of hydrogen-bond donors (Lipinski definition) is 3. The Kier molecular flexibility index (Phi) is 6.96. The summed E-state index contributed by atoms with van der Waals surface area (Å²) in [5, 5.41) is 23.4. The summed E-state index contributed by atoms with van der Waals surface area (Å²) in [6.45, 7) is 1.37. The van der Waals surface area contributed by atoms with Gasteiger partial charge in [-0.25, -0.2) is 0 Å². The highest BCUT2D eigenvalue weighted by Gasteiger charge is 2.51. The van der Waals surface area contributed by atoms with Crippen molar-refractivity contribution in [3.05, 3.63) is 58.7 Å². The van der Waals surface area contributed by atoms with Crippen LogP contribution in [0.2, 0.25) is 0 Å². The fourth-order valence-corrected chi connectivity index (χ4v) is 5.22. The lowest BCUT2D eigenvalue weighted by Gasteiger charge is -2.40. The fraction of sp³-hybridized carbons (Fsp3) is 0.370. The van der Waals surface area contributed by atoms with Gasteiger partial charge in [0, 0.05) is 36.7 Å². The number of hydrogen-bond acceptors (Lipinski definition) is 9. The highest BCUT2D eigenvalue weighted by Crippen LogP contribution is 2.51. The van der Waals surface area contributed by atoms with Crippen LogP contribution in [0, 0.1) is 0 Å². The van der Waals surface area contributed by atoms with Gasteiger partial charge in [0.2, 0.25) is 18.6 Å². The van der Waals surface area contributed by atoms with Gasteiger partial charge in [-0.1, -0.05) is 6.07 Å². The summed E-state index contributed by atoms with van der Waals surface area (Å²) < 4.78 is 22.4. The number of nitrogens with zero attached hydrogens (tertiary/aromatic N) is 1. The van der Waals surface area contributed by atoms with E-state index in [1.807, 2.05) is 0 Å². The van der Waals surface area contributed by atoms with Gasteiger partial charge in [0.05, 0.1) is 25.7 Å². The molecule has 2 aromatic carbocycles. The van der Waals surface area contributed by atoms with Gasteiger partial charge >= 0.3 is 0 Å². The summed E-state index contributed by atoms with van der Waals surface area (Å²) in [4.78, 5) is 39.2. The number of benzene rings is 2. The molecule has 0 fully saturated rings. The van der Waals surface area contributed by atoms with Crippen LogP contribution < -0.4 is 24.3 Å². The Morgan fingerprint density at radius 2 is 2.00 bits per heavy atom. The Morgan fingerprint density at radius 3 is 2.71 bits per heavy atom. The van der Waals surface area contributed by atoms with E-state index >= 15 is 0 Å². The number of nitrogens with one attached hydrogen (secondary N) is 1. The van der Waals surface area contributed by atoms with Crippen molar-refractivity contribution in [2.24, 2.45) is 0 Å². The number of aldehydes is 1. The zero-order valence-electron chi connectivity index (χ0n) is 20.9. The van der Waals surface area contributed by atoms with Gasteiger partial charge in [-0.15, -0.1) is 0 Å². The molecule has 2 amide bonds. The number of carbonyl (C=O) groups excluding carboxylic acids is 3. The molecule has 0 unspecified atom stereocenters. The van der Waals surface area contributed by atoms with Crippen molar-refractivity contribution in [1.82, 2.24) is 10.2 Å². The van der Waals surface area contributed by atoms with Crippen molar-refractivity contribution in [2.45, 2.75) is 37.6 Å². The normalized spacial score (nSPS) is 22.5. The van der Waals surface area contributed by atoms with Crippen molar-refractivity contribution in [2.75, 3.05) is 27.1 Å². The van der Waals surface area contributed by atoms with E-state index in [0.717, 1.165) is 5.56 Å². The van der Waals surface area contributed by atoms with Crippen molar-refractivity contribution in [3.63, 3.8) is 0 Å². The Balaban J connectivity index is 1.56. The quantitative estimate of drug-likeness (QED) is 0.429. The van der Waals surface area contributed by atoms with Crippen LogP contribution in [-0.4, -0.2) is 78.5 Å². The lowest BCUT2D eigenvalue weighted by Crippen LogP contribution is -2.55. The standard InChI is InChI=1S/C27H28N2O9/c1-14(32)29(11-15-3-4-20-21(8-15)37-13-36-20)19-10-18(27(34)28-5-6-30)23-17-7-16(12-31)9-22(35-2)25(17)38-26(23)24(19)33/h3-4,7-10,12,19,23-24,26,30,33H,5-6,11,13H2,1-2H3,(H,28,34)/t19-,23+,24+,26+/m1/s1. The summed E-state index contributed by atoms with van der Waals surface area (Å²) in [7, 11) is 1.43. The van der Waals surface area contributed by atoms with Gasteiger partial charge in [-0.3, -0.25) is 14.4 Å². The first-order valence-electron chi connectivity index (χ1n) is 12.1. The maximum absolute atomic E-state index is 13.3. The number of methoxy groups -OCH3 is 1. The van der Waals surface area contributed by atoms with Crippen LogP contribution in [0.1, 0.15) is 34.3 Å². The van der Waals surface area contributed by atoms with Crippen LogP contribution in [-0.2, 0) is 16.1 Å². The van der Waals surface area contributed by atoms with Gasteiger partial charge in [0.15, 0.2) is 23.0 Å². The van der Waals surface area contributed by atoms with Crippen LogP contribution in [0.4, 0.5) is 0 Å². The molecular formula is C27H28N2O9. The minimum absolute atomic E-state index is 0.0137. The second-order valence-corrected chi connectivity index (χ2v) is 9.24. The van der Waals surface area contributed by atoms with Gasteiger partial charge in [0.1, 0.15) is 18.5 Å². The summed E-state index contributed by atoms with van der Waals surface area (Å²) in [6, 6.07) is 7.52. The van der Waals surface area contributed by atoms with E-state index in [9.17, 15) is 24.6 Å². The molecule has 2 aliphatic heterocycles. The molecular weight excluding hydrogens is 496 g/mol. The molecule has 38 heavy (non-hydrogen) atoms. The first-order valence-corrected chi connectivity index (χ1v) is 12.1. The highest BCUT2D eigenvalue weighted by atomic mass is 16.7. The van der Waals surface area contributed by atoms with Gasteiger partial charge in [0.25, 0.3) is 0 Å². The number of aliphatic hydroxyl groups excluding tert-OH is 2. The summed E-state index contributed by atoms with van der Waals surface area (Å²) in [5.41, 5.74) is 1.83. The summed E-state index contributed by atoms with van der Waals surface area (Å²) in [5.74, 6) is 0.232. The largest absolute Gasteiger partial charge is 0.493 e. The molecule has 3 aliphatic rings. The molecule has 11 heteroatoms. The summed E-state index contributed by atoms with van der Waals surface area (Å²) >= 11 is 0. The lowest BCUT2D eigenvalue weighted by atomic mass is 9.77. The number of aliphatic hydroxyl groups is 2. The van der Waals surface area contributed by atoms with Crippen LogP contribution in [0.25, 0.3) is 0 Å². The molecule has 4 atom stereocenters. The SMILES string of the molecule is COc1cc(C=O)cc2c1O[C@@H]1[C@@H](O)[C@H](N(Cc3ccc4c(c3)OCO4)C(C)=O)C=C(C(=O)NCCO)[C@H]21. The molecule has 5 rings (SSSR count). The molecule has 11 nitrogen and oxygen atoms in total. The third-order valence-electron chi connectivity index (χ3n) is 6.97. The van der Waals surface area contributed by atoms with E-state index in [1.165, 1.54) is 25.0 Å². The van der Waals surface area contributed by atoms with Crippen LogP contribution >= 0.6 is 0 Å². The van der Waals surface area contributed by atoms with Gasteiger partial charge in [-0.05, 0) is 35.9 Å². The molecule has 0 saturated heterocycles. The molecule has 0 spiro atoms. The third kappa shape index (κ3) is 4.44. The second kappa shape index (κ2) is 10.3. The molecule has 2 heterocycles. The molecule has 0 radical (unpaired) electrons. The predicted octanol–water partition coefficient (Wildman–Crippen LogP) is 0.908. The van der Waals surface area contributed by atoms with Crippen LogP contribution in [0.15, 0.2) is 42.0 Å². The van der Waals surface area contributed by atoms with Crippen LogP contribution in [0.5, 0.6) is 23.0 Å². The number of fused-ring (bicyclic) bond motifs is 4. The zero-order chi connectivity index (χ0) is 27.0. The van der Waals surface area contributed by atoms with E-state index < -0.39 is 30.1 Å². The molecule has 0 aromatic heterocycles. The third-order valence-corrected chi connectivity index (χ3v) is 6.97. The molecule has 1 aliphatic carbocycles. The van der Waals surface area contributed by atoms with E-state index in [2.05, 4.69) is 5.32 Å².